The third kappa shape index (κ3) is 8.40. The van der Waals surface area contributed by atoms with Crippen LogP contribution in [0, 0.1) is 12.8 Å². The van der Waals surface area contributed by atoms with E-state index >= 15 is 0 Å². The zero-order valence-electron chi connectivity index (χ0n) is 16.2. The van der Waals surface area contributed by atoms with E-state index in [4.69, 9.17) is 14.0 Å². The molecule has 152 valence electrons. The standard InChI is InChI=1S/C18H27NO7S/c1-12-6-8-15(9-7-12)27(23,24)25-11-14(10-13(2)16(20)21)19-17(22)26-18(3,4)5/h6-9,13-14H,10-11H2,1-5H3,(H,19,22)(H,20,21)/t13?,14-/m0/s1. The largest absolute Gasteiger partial charge is 0.481 e. The normalized spacial score (nSPS) is 14.3. The summed E-state index contributed by atoms with van der Waals surface area (Å²) in [7, 11) is -4.04. The summed E-state index contributed by atoms with van der Waals surface area (Å²) in [5.74, 6) is -1.87. The van der Waals surface area contributed by atoms with Gasteiger partial charge in [-0.05, 0) is 46.2 Å². The molecule has 0 aliphatic rings. The number of hydrogen-bond donors (Lipinski definition) is 2. The number of nitrogens with one attached hydrogen (secondary N) is 1. The molecule has 0 spiro atoms. The Bertz CT molecular complexity index is 751. The molecule has 27 heavy (non-hydrogen) atoms. The van der Waals surface area contributed by atoms with E-state index in [1.54, 1.807) is 32.9 Å². The van der Waals surface area contributed by atoms with Gasteiger partial charge in [0.15, 0.2) is 0 Å². The van der Waals surface area contributed by atoms with Crippen molar-refractivity contribution in [2.75, 3.05) is 6.61 Å². The predicted molar refractivity (Wildman–Crippen MR) is 98.9 cm³/mol. The fourth-order valence-electron chi connectivity index (χ4n) is 2.12. The highest BCUT2D eigenvalue weighted by Crippen LogP contribution is 2.16. The van der Waals surface area contributed by atoms with Crippen molar-refractivity contribution in [3.8, 4) is 0 Å². The molecule has 2 atom stereocenters. The van der Waals surface area contributed by atoms with Crippen molar-refractivity contribution in [1.82, 2.24) is 5.32 Å². The van der Waals surface area contributed by atoms with Crippen molar-refractivity contribution < 1.29 is 32.0 Å². The van der Waals surface area contributed by atoms with Gasteiger partial charge in [-0.3, -0.25) is 8.98 Å². The van der Waals surface area contributed by atoms with Crippen LogP contribution in [0.4, 0.5) is 4.79 Å². The maximum absolute atomic E-state index is 12.3. The van der Waals surface area contributed by atoms with Gasteiger partial charge in [-0.1, -0.05) is 24.6 Å². The molecule has 0 saturated carbocycles. The summed E-state index contributed by atoms with van der Waals surface area (Å²) in [6.45, 7) is 7.92. The van der Waals surface area contributed by atoms with E-state index in [2.05, 4.69) is 5.32 Å². The van der Waals surface area contributed by atoms with Gasteiger partial charge < -0.3 is 15.2 Å². The van der Waals surface area contributed by atoms with Gasteiger partial charge in [0.05, 0.1) is 23.5 Å². The van der Waals surface area contributed by atoms with Crippen molar-refractivity contribution in [2.24, 2.45) is 5.92 Å². The first-order valence-corrected chi connectivity index (χ1v) is 9.89. The van der Waals surface area contributed by atoms with E-state index in [-0.39, 0.29) is 11.3 Å². The molecule has 0 fully saturated rings. The third-order valence-electron chi connectivity index (χ3n) is 3.51. The van der Waals surface area contributed by atoms with E-state index in [1.165, 1.54) is 19.1 Å². The number of carbonyl (C=O) groups is 2. The summed E-state index contributed by atoms with van der Waals surface area (Å²) in [6.07, 6.45) is -0.792. The lowest BCUT2D eigenvalue weighted by Crippen LogP contribution is -2.43. The molecule has 1 amide bonds. The summed E-state index contributed by atoms with van der Waals surface area (Å²) in [6, 6.07) is 5.26. The van der Waals surface area contributed by atoms with Gasteiger partial charge in [-0.15, -0.1) is 0 Å². The van der Waals surface area contributed by atoms with Crippen LogP contribution in [0.1, 0.15) is 39.7 Å². The molecular formula is C18H27NO7S. The Hall–Kier alpha value is -2.13. The Morgan fingerprint density at radius 2 is 1.74 bits per heavy atom. The van der Waals surface area contributed by atoms with Crippen LogP contribution >= 0.6 is 0 Å². The second-order valence-electron chi connectivity index (χ2n) is 7.37. The quantitative estimate of drug-likeness (QED) is 0.643. The molecule has 1 rings (SSSR count). The first kappa shape index (κ1) is 22.9. The Kier molecular flexibility index (Phi) is 7.79. The molecular weight excluding hydrogens is 374 g/mol. The molecule has 0 aliphatic heterocycles. The van der Waals surface area contributed by atoms with Gasteiger partial charge in [0.2, 0.25) is 0 Å². The number of hydrogen-bond acceptors (Lipinski definition) is 6. The van der Waals surface area contributed by atoms with Crippen molar-refractivity contribution in [3.05, 3.63) is 29.8 Å². The number of carboxylic acid groups (broad SMARTS) is 1. The number of alkyl carbamates (subject to hydrolysis) is 1. The molecule has 1 unspecified atom stereocenters. The van der Waals surface area contributed by atoms with E-state index in [0.29, 0.717) is 0 Å². The maximum Gasteiger partial charge on any atom is 0.407 e. The van der Waals surface area contributed by atoms with Crippen molar-refractivity contribution in [1.29, 1.82) is 0 Å². The van der Waals surface area contributed by atoms with Crippen LogP contribution in [-0.2, 0) is 23.8 Å². The van der Waals surface area contributed by atoms with Crippen molar-refractivity contribution in [2.45, 2.75) is 57.6 Å². The van der Waals surface area contributed by atoms with E-state index in [0.717, 1.165) is 5.56 Å². The Balaban J connectivity index is 2.84. The molecule has 0 aliphatic carbocycles. The maximum atomic E-state index is 12.3. The van der Waals surface area contributed by atoms with Crippen LogP contribution in [0.15, 0.2) is 29.2 Å². The highest BCUT2D eigenvalue weighted by Gasteiger charge is 2.26. The number of benzene rings is 1. The number of aliphatic carboxylic acids is 1. The number of aryl methyl sites for hydroxylation is 1. The second-order valence-corrected chi connectivity index (χ2v) is 8.99. The summed E-state index contributed by atoms with van der Waals surface area (Å²) >= 11 is 0. The number of rotatable bonds is 8. The average molecular weight is 401 g/mol. The summed E-state index contributed by atoms with van der Waals surface area (Å²) in [4.78, 5) is 23.0. The zero-order chi connectivity index (χ0) is 20.8. The number of ether oxygens (including phenoxy) is 1. The molecule has 0 aromatic heterocycles. The Labute approximate surface area is 160 Å². The monoisotopic (exact) mass is 401 g/mol. The minimum Gasteiger partial charge on any atom is -0.481 e. The lowest BCUT2D eigenvalue weighted by molar-refractivity contribution is -0.141. The summed E-state index contributed by atoms with van der Waals surface area (Å²) in [5, 5.41) is 11.6. The van der Waals surface area contributed by atoms with Gasteiger partial charge in [-0.2, -0.15) is 8.42 Å². The molecule has 0 radical (unpaired) electrons. The molecule has 2 N–H and O–H groups in total. The molecule has 0 saturated heterocycles. The molecule has 0 bridgehead atoms. The summed E-state index contributed by atoms with van der Waals surface area (Å²) < 4.78 is 34.8. The van der Waals surface area contributed by atoms with Gasteiger partial charge in [0, 0.05) is 0 Å². The van der Waals surface area contributed by atoms with E-state index in [9.17, 15) is 18.0 Å². The third-order valence-corrected chi connectivity index (χ3v) is 4.81. The fraction of sp³-hybridized carbons (Fsp3) is 0.556. The van der Waals surface area contributed by atoms with Gasteiger partial charge in [-0.25, -0.2) is 4.79 Å². The SMILES string of the molecule is Cc1ccc(S(=O)(=O)OC[C@H](CC(C)C(=O)O)NC(=O)OC(C)(C)C)cc1. The Morgan fingerprint density at radius 1 is 1.19 bits per heavy atom. The minimum absolute atomic E-state index is 0.0159. The van der Waals surface area contributed by atoms with E-state index in [1.807, 2.05) is 6.92 Å². The van der Waals surface area contributed by atoms with Crippen LogP contribution in [-0.4, -0.2) is 43.8 Å². The predicted octanol–water partition coefficient (Wildman–Crippen LogP) is 2.70. The van der Waals surface area contributed by atoms with Gasteiger partial charge in [0.1, 0.15) is 5.60 Å². The Morgan fingerprint density at radius 3 is 2.22 bits per heavy atom. The second kappa shape index (κ2) is 9.18. The smallest absolute Gasteiger partial charge is 0.407 e. The lowest BCUT2D eigenvalue weighted by Gasteiger charge is -2.24. The van der Waals surface area contributed by atoms with Gasteiger partial charge in [0.25, 0.3) is 10.1 Å². The zero-order valence-corrected chi connectivity index (χ0v) is 17.0. The average Bonchev–Trinajstić information content (AvgIpc) is 2.51. The van der Waals surface area contributed by atoms with Gasteiger partial charge >= 0.3 is 12.1 Å². The first-order chi connectivity index (χ1) is 12.3. The highest BCUT2D eigenvalue weighted by molar-refractivity contribution is 7.86. The first-order valence-electron chi connectivity index (χ1n) is 8.48. The molecule has 9 heteroatoms. The lowest BCUT2D eigenvalue weighted by atomic mass is 10.0. The fourth-order valence-corrected chi connectivity index (χ4v) is 3.06. The van der Waals surface area contributed by atoms with Crippen molar-refractivity contribution in [3.63, 3.8) is 0 Å². The molecule has 0 heterocycles. The molecule has 8 nitrogen and oxygen atoms in total. The number of amides is 1. The topological polar surface area (TPSA) is 119 Å². The molecule has 1 aromatic rings. The van der Waals surface area contributed by atoms with Crippen LogP contribution in [0.25, 0.3) is 0 Å². The summed E-state index contributed by atoms with van der Waals surface area (Å²) in [5.41, 5.74) is 0.149. The van der Waals surface area contributed by atoms with Crippen LogP contribution in [0.2, 0.25) is 0 Å². The van der Waals surface area contributed by atoms with Crippen LogP contribution in [0.3, 0.4) is 0 Å². The minimum atomic E-state index is -4.04. The highest BCUT2D eigenvalue weighted by atomic mass is 32.2. The van der Waals surface area contributed by atoms with Crippen LogP contribution in [0.5, 0.6) is 0 Å². The van der Waals surface area contributed by atoms with Crippen molar-refractivity contribution >= 4 is 22.2 Å². The van der Waals surface area contributed by atoms with Crippen LogP contribution < -0.4 is 5.32 Å². The van der Waals surface area contributed by atoms with E-state index < -0.39 is 46.3 Å². The molecule has 1 aromatic carbocycles. The number of carbonyl (C=O) groups excluding carboxylic acids is 1. The number of carboxylic acids is 1.